The van der Waals surface area contributed by atoms with E-state index in [9.17, 15) is 28.1 Å². The summed E-state index contributed by atoms with van der Waals surface area (Å²) >= 11 is 0. The lowest BCUT2D eigenvalue weighted by molar-refractivity contribution is -0.385. The molecule has 0 spiro atoms. The average molecular weight is 302 g/mol. The molecule has 0 aliphatic rings. The van der Waals surface area contributed by atoms with Crippen LogP contribution >= 0.6 is 0 Å². The summed E-state index contributed by atoms with van der Waals surface area (Å²) in [5, 5.41) is 22.7. The smallest absolute Gasteiger partial charge is 0.435 e. The van der Waals surface area contributed by atoms with Gasteiger partial charge in [-0.1, -0.05) is 0 Å². The standard InChI is InChI=1S/C10H5F3N4O4/c11-10(12,13)7-1-2-16(15-7)8-3-5(9(18)19)6(4-14-8)17(20)21/h1-4H,(H,18,19). The molecule has 1 N–H and O–H groups in total. The number of carboxylic acids is 1. The summed E-state index contributed by atoms with van der Waals surface area (Å²) in [5.41, 5.74) is -2.66. The predicted molar refractivity (Wildman–Crippen MR) is 60.0 cm³/mol. The van der Waals surface area contributed by atoms with Crippen LogP contribution in [0.2, 0.25) is 0 Å². The zero-order valence-corrected chi connectivity index (χ0v) is 9.90. The second-order valence-electron chi connectivity index (χ2n) is 3.77. The van der Waals surface area contributed by atoms with Crippen LogP contribution in [0.15, 0.2) is 24.5 Å². The number of aromatic nitrogens is 3. The van der Waals surface area contributed by atoms with Crippen molar-refractivity contribution in [1.82, 2.24) is 14.8 Å². The van der Waals surface area contributed by atoms with Crippen molar-refractivity contribution in [2.45, 2.75) is 6.18 Å². The van der Waals surface area contributed by atoms with Gasteiger partial charge in [-0.05, 0) is 6.07 Å². The number of carbonyl (C=O) groups is 1. The van der Waals surface area contributed by atoms with Gasteiger partial charge in [-0.25, -0.2) is 14.5 Å². The highest BCUT2D eigenvalue weighted by Crippen LogP contribution is 2.28. The van der Waals surface area contributed by atoms with Crippen LogP contribution in [0, 0.1) is 10.1 Å². The van der Waals surface area contributed by atoms with Gasteiger partial charge in [0, 0.05) is 12.3 Å². The molecule has 2 aromatic rings. The maximum absolute atomic E-state index is 12.4. The first kappa shape index (κ1) is 14.4. The van der Waals surface area contributed by atoms with Crippen LogP contribution in [0.5, 0.6) is 0 Å². The van der Waals surface area contributed by atoms with Crippen molar-refractivity contribution >= 4 is 11.7 Å². The Morgan fingerprint density at radius 3 is 2.57 bits per heavy atom. The van der Waals surface area contributed by atoms with Gasteiger partial charge >= 0.3 is 17.8 Å². The fraction of sp³-hybridized carbons (Fsp3) is 0.100. The van der Waals surface area contributed by atoms with E-state index in [-0.39, 0.29) is 5.82 Å². The highest BCUT2D eigenvalue weighted by Gasteiger charge is 2.34. The number of nitrogens with zero attached hydrogens (tertiary/aromatic N) is 4. The molecule has 2 aromatic heterocycles. The van der Waals surface area contributed by atoms with Crippen LogP contribution in [0.1, 0.15) is 16.1 Å². The summed E-state index contributed by atoms with van der Waals surface area (Å²) in [6, 6.07) is 1.44. The number of pyridine rings is 1. The number of hydrogen-bond donors (Lipinski definition) is 1. The molecule has 0 aromatic carbocycles. The lowest BCUT2D eigenvalue weighted by Crippen LogP contribution is -2.09. The Bertz CT molecular complexity index is 725. The van der Waals surface area contributed by atoms with Gasteiger partial charge in [0.1, 0.15) is 11.8 Å². The Labute approximate surface area is 113 Å². The second-order valence-corrected chi connectivity index (χ2v) is 3.77. The van der Waals surface area contributed by atoms with Gasteiger partial charge in [0.15, 0.2) is 11.5 Å². The van der Waals surface area contributed by atoms with E-state index in [2.05, 4.69) is 10.1 Å². The first-order valence-corrected chi connectivity index (χ1v) is 5.21. The lowest BCUT2D eigenvalue weighted by atomic mass is 10.2. The third-order valence-corrected chi connectivity index (χ3v) is 2.41. The molecule has 8 nitrogen and oxygen atoms in total. The average Bonchev–Trinajstić information content (AvgIpc) is 2.87. The summed E-state index contributed by atoms with van der Waals surface area (Å²) < 4.78 is 37.9. The molecule has 21 heavy (non-hydrogen) atoms. The maximum Gasteiger partial charge on any atom is 0.435 e. The van der Waals surface area contributed by atoms with Crippen molar-refractivity contribution in [1.29, 1.82) is 0 Å². The molecule has 110 valence electrons. The third kappa shape index (κ3) is 2.80. The SMILES string of the molecule is O=C(O)c1cc(-n2ccc(C(F)(F)F)n2)ncc1[N+](=O)[O-]. The Kier molecular flexibility index (Phi) is 3.33. The van der Waals surface area contributed by atoms with Gasteiger partial charge in [-0.2, -0.15) is 18.3 Å². The molecule has 0 saturated heterocycles. The van der Waals surface area contributed by atoms with E-state index in [4.69, 9.17) is 5.11 Å². The second kappa shape index (κ2) is 4.85. The largest absolute Gasteiger partial charge is 0.477 e. The van der Waals surface area contributed by atoms with Crippen molar-refractivity contribution in [2.24, 2.45) is 0 Å². The number of nitro groups is 1. The monoisotopic (exact) mass is 302 g/mol. The van der Waals surface area contributed by atoms with Crippen LogP contribution in [0.25, 0.3) is 5.82 Å². The fourth-order valence-corrected chi connectivity index (χ4v) is 1.48. The van der Waals surface area contributed by atoms with Gasteiger partial charge in [0.25, 0.3) is 0 Å². The van der Waals surface area contributed by atoms with Gasteiger partial charge < -0.3 is 5.11 Å². The predicted octanol–water partition coefficient (Wildman–Crippen LogP) is 1.89. The minimum absolute atomic E-state index is 0.284. The molecule has 0 bridgehead atoms. The summed E-state index contributed by atoms with van der Waals surface area (Å²) in [5.74, 6) is -1.89. The quantitative estimate of drug-likeness (QED) is 0.684. The number of alkyl halides is 3. The van der Waals surface area contributed by atoms with E-state index in [1.807, 2.05) is 0 Å². The summed E-state index contributed by atoms with van der Waals surface area (Å²) in [6.07, 6.45) is -3.10. The number of carboxylic acid groups (broad SMARTS) is 1. The molecule has 0 atom stereocenters. The Morgan fingerprint density at radius 2 is 2.10 bits per heavy atom. The molecule has 0 unspecified atom stereocenters. The normalized spacial score (nSPS) is 11.4. The van der Waals surface area contributed by atoms with Crippen LogP contribution in [-0.4, -0.2) is 30.8 Å². The summed E-state index contributed by atoms with van der Waals surface area (Å²) in [6.45, 7) is 0. The molecule has 0 saturated carbocycles. The van der Waals surface area contributed by atoms with E-state index >= 15 is 0 Å². The molecule has 11 heteroatoms. The number of aromatic carboxylic acids is 1. The van der Waals surface area contributed by atoms with Gasteiger partial charge in [0.2, 0.25) is 0 Å². The molecular weight excluding hydrogens is 297 g/mol. The van der Waals surface area contributed by atoms with Crippen LogP contribution in [-0.2, 0) is 6.18 Å². The van der Waals surface area contributed by atoms with Gasteiger partial charge in [0.05, 0.1) is 4.92 Å². The molecular formula is C10H5F3N4O4. The van der Waals surface area contributed by atoms with Crippen LogP contribution in [0.3, 0.4) is 0 Å². The lowest BCUT2D eigenvalue weighted by Gasteiger charge is -2.04. The molecule has 0 aliphatic heterocycles. The molecule has 0 fully saturated rings. The van der Waals surface area contributed by atoms with Crippen molar-refractivity contribution in [3.05, 3.63) is 45.9 Å². The van der Waals surface area contributed by atoms with E-state index in [0.29, 0.717) is 16.9 Å². The number of hydrogen-bond acceptors (Lipinski definition) is 5. The van der Waals surface area contributed by atoms with Gasteiger partial charge in [-0.15, -0.1) is 0 Å². The molecule has 0 amide bonds. The van der Waals surface area contributed by atoms with E-state index in [0.717, 1.165) is 12.3 Å². The van der Waals surface area contributed by atoms with E-state index in [1.165, 1.54) is 0 Å². The van der Waals surface area contributed by atoms with E-state index < -0.39 is 34.0 Å². The van der Waals surface area contributed by atoms with Crippen molar-refractivity contribution in [3.8, 4) is 5.82 Å². The van der Waals surface area contributed by atoms with Crippen molar-refractivity contribution in [3.63, 3.8) is 0 Å². The Hall–Kier alpha value is -2.98. The van der Waals surface area contributed by atoms with E-state index in [1.54, 1.807) is 0 Å². The van der Waals surface area contributed by atoms with Crippen molar-refractivity contribution < 1.29 is 28.0 Å². The number of halogens is 3. The molecule has 2 heterocycles. The van der Waals surface area contributed by atoms with Crippen LogP contribution < -0.4 is 0 Å². The van der Waals surface area contributed by atoms with Crippen LogP contribution in [0.4, 0.5) is 18.9 Å². The maximum atomic E-state index is 12.4. The highest BCUT2D eigenvalue weighted by atomic mass is 19.4. The summed E-state index contributed by atoms with van der Waals surface area (Å²) in [4.78, 5) is 24.2. The Morgan fingerprint density at radius 1 is 1.43 bits per heavy atom. The van der Waals surface area contributed by atoms with Crippen molar-refractivity contribution in [2.75, 3.05) is 0 Å². The number of rotatable bonds is 3. The minimum atomic E-state index is -4.67. The zero-order valence-electron chi connectivity index (χ0n) is 9.90. The molecule has 2 rings (SSSR count). The topological polar surface area (TPSA) is 111 Å². The Balaban J connectivity index is 2.51. The molecule has 0 aliphatic carbocycles. The third-order valence-electron chi connectivity index (χ3n) is 2.41. The minimum Gasteiger partial charge on any atom is -0.477 e. The summed E-state index contributed by atoms with van der Waals surface area (Å²) in [7, 11) is 0. The zero-order chi connectivity index (χ0) is 15.8. The first-order chi connectivity index (χ1) is 9.70. The fourth-order valence-electron chi connectivity index (χ4n) is 1.48. The van der Waals surface area contributed by atoms with Gasteiger partial charge in [-0.3, -0.25) is 10.1 Å². The highest BCUT2D eigenvalue weighted by molar-refractivity contribution is 5.92. The first-order valence-electron chi connectivity index (χ1n) is 5.21. The molecule has 0 radical (unpaired) electrons.